The first-order valence-corrected chi connectivity index (χ1v) is 7.88. The van der Waals surface area contributed by atoms with E-state index in [1.807, 2.05) is 31.2 Å². The van der Waals surface area contributed by atoms with Crippen LogP contribution in [0, 0.1) is 0 Å². The van der Waals surface area contributed by atoms with Gasteiger partial charge < -0.3 is 18.9 Å². The minimum Gasteiger partial charge on any atom is -0.494 e. The van der Waals surface area contributed by atoms with Crippen LogP contribution in [-0.4, -0.2) is 33.2 Å². The fourth-order valence-corrected chi connectivity index (χ4v) is 2.11. The molecule has 24 heavy (non-hydrogen) atoms. The van der Waals surface area contributed by atoms with Crippen molar-refractivity contribution < 1.29 is 23.7 Å². The molecule has 128 valence electrons. The number of ether oxygens (including phenoxy) is 4. The molecule has 0 aromatic heterocycles. The van der Waals surface area contributed by atoms with Gasteiger partial charge in [-0.25, -0.2) is 0 Å². The molecule has 0 N–H and O–H groups in total. The Labute approximate surface area is 142 Å². The zero-order valence-electron chi connectivity index (χ0n) is 14.0. The van der Waals surface area contributed by atoms with Crippen LogP contribution in [0.15, 0.2) is 42.5 Å². The van der Waals surface area contributed by atoms with Crippen LogP contribution in [0.5, 0.6) is 23.0 Å². The van der Waals surface area contributed by atoms with Gasteiger partial charge in [-0.1, -0.05) is 0 Å². The van der Waals surface area contributed by atoms with E-state index in [1.165, 1.54) is 0 Å². The van der Waals surface area contributed by atoms with Crippen molar-refractivity contribution in [2.24, 2.45) is 0 Å². The van der Waals surface area contributed by atoms with Crippen molar-refractivity contribution in [2.75, 3.05) is 26.9 Å². The lowest BCUT2D eigenvalue weighted by Crippen LogP contribution is -2.06. The molecule has 2 aromatic carbocycles. The highest BCUT2D eigenvalue weighted by atomic mass is 16.5. The molecule has 0 amide bonds. The summed E-state index contributed by atoms with van der Waals surface area (Å²) in [5.74, 6) is 2.78. The van der Waals surface area contributed by atoms with Crippen molar-refractivity contribution in [1.29, 1.82) is 0 Å². The van der Waals surface area contributed by atoms with E-state index in [9.17, 15) is 4.79 Å². The largest absolute Gasteiger partial charge is 0.494 e. The molecule has 0 aliphatic rings. The predicted molar refractivity (Wildman–Crippen MR) is 91.6 cm³/mol. The summed E-state index contributed by atoms with van der Waals surface area (Å²) < 4.78 is 21.9. The molecule has 0 atom stereocenters. The van der Waals surface area contributed by atoms with E-state index in [1.54, 1.807) is 25.3 Å². The smallest absolute Gasteiger partial charge is 0.161 e. The molecule has 0 heterocycles. The third-order valence-electron chi connectivity index (χ3n) is 3.27. The molecule has 0 fully saturated rings. The predicted octanol–water partition coefficient (Wildman–Crippen LogP) is 3.75. The Hall–Kier alpha value is -2.69. The van der Waals surface area contributed by atoms with E-state index in [0.29, 0.717) is 43.3 Å². The molecule has 0 saturated carbocycles. The number of benzene rings is 2. The van der Waals surface area contributed by atoms with Gasteiger partial charge in [-0.3, -0.25) is 4.79 Å². The van der Waals surface area contributed by atoms with E-state index in [4.69, 9.17) is 18.9 Å². The van der Waals surface area contributed by atoms with E-state index < -0.39 is 0 Å². The molecule has 0 aliphatic heterocycles. The highest BCUT2D eigenvalue weighted by Gasteiger charge is 2.05. The number of carbonyl (C=O) groups excluding carboxylic acids is 1. The zero-order valence-corrected chi connectivity index (χ0v) is 14.0. The average molecular weight is 330 g/mol. The third-order valence-corrected chi connectivity index (χ3v) is 3.27. The quantitative estimate of drug-likeness (QED) is 0.490. The summed E-state index contributed by atoms with van der Waals surface area (Å²) in [5.41, 5.74) is 0.552. The Morgan fingerprint density at radius 2 is 1.54 bits per heavy atom. The molecule has 2 rings (SSSR count). The molecule has 0 unspecified atom stereocenters. The number of rotatable bonds is 10. The van der Waals surface area contributed by atoms with Gasteiger partial charge in [-0.15, -0.1) is 0 Å². The highest BCUT2D eigenvalue weighted by Crippen LogP contribution is 2.27. The van der Waals surface area contributed by atoms with Crippen molar-refractivity contribution in [2.45, 2.75) is 13.3 Å². The van der Waals surface area contributed by atoms with Crippen molar-refractivity contribution >= 4 is 6.29 Å². The second-order valence-electron chi connectivity index (χ2n) is 4.98. The summed E-state index contributed by atoms with van der Waals surface area (Å²) in [6.45, 7) is 3.59. The van der Waals surface area contributed by atoms with E-state index in [2.05, 4.69) is 0 Å². The van der Waals surface area contributed by atoms with Crippen molar-refractivity contribution in [3.05, 3.63) is 48.0 Å². The molecule has 0 bridgehead atoms. The van der Waals surface area contributed by atoms with Crippen LogP contribution in [-0.2, 0) is 0 Å². The van der Waals surface area contributed by atoms with Crippen LogP contribution in [0.4, 0.5) is 0 Å². The first-order chi connectivity index (χ1) is 11.8. The molecule has 0 spiro atoms. The van der Waals surface area contributed by atoms with Gasteiger partial charge in [-0.2, -0.15) is 0 Å². The monoisotopic (exact) mass is 330 g/mol. The molecule has 0 aliphatic carbocycles. The van der Waals surface area contributed by atoms with Crippen LogP contribution < -0.4 is 18.9 Å². The second-order valence-corrected chi connectivity index (χ2v) is 4.98. The summed E-state index contributed by atoms with van der Waals surface area (Å²) in [6.07, 6.45) is 1.49. The van der Waals surface area contributed by atoms with Gasteiger partial charge >= 0.3 is 0 Å². The maximum Gasteiger partial charge on any atom is 0.161 e. The Morgan fingerprint density at radius 1 is 0.875 bits per heavy atom. The summed E-state index contributed by atoms with van der Waals surface area (Å²) in [7, 11) is 1.57. The Kier molecular flexibility index (Phi) is 6.95. The van der Waals surface area contributed by atoms with Crippen molar-refractivity contribution in [3.63, 3.8) is 0 Å². The van der Waals surface area contributed by atoms with E-state index in [0.717, 1.165) is 17.8 Å². The molecular weight excluding hydrogens is 308 g/mol. The lowest BCUT2D eigenvalue weighted by molar-refractivity contribution is 0.112. The molecule has 5 heteroatoms. The Morgan fingerprint density at radius 3 is 2.17 bits per heavy atom. The van der Waals surface area contributed by atoms with Crippen LogP contribution in [0.2, 0.25) is 0 Å². The maximum absolute atomic E-state index is 10.8. The fourth-order valence-electron chi connectivity index (χ4n) is 2.11. The summed E-state index contributed by atoms with van der Waals surface area (Å²) in [5, 5.41) is 0. The van der Waals surface area contributed by atoms with Gasteiger partial charge in [0.25, 0.3) is 0 Å². The number of carbonyl (C=O) groups is 1. The number of hydrogen-bond donors (Lipinski definition) is 0. The topological polar surface area (TPSA) is 54.0 Å². The van der Waals surface area contributed by atoms with E-state index >= 15 is 0 Å². The summed E-state index contributed by atoms with van der Waals surface area (Å²) in [6, 6.07) is 12.6. The minimum absolute atomic E-state index is 0.468. The van der Waals surface area contributed by atoms with E-state index in [-0.39, 0.29) is 0 Å². The number of hydrogen-bond acceptors (Lipinski definition) is 5. The molecule has 0 radical (unpaired) electrons. The lowest BCUT2D eigenvalue weighted by Gasteiger charge is -2.11. The normalized spacial score (nSPS) is 10.1. The lowest BCUT2D eigenvalue weighted by atomic mass is 10.2. The first kappa shape index (κ1) is 17.7. The molecule has 0 saturated heterocycles. The van der Waals surface area contributed by atoms with Gasteiger partial charge in [0.05, 0.1) is 26.9 Å². The summed E-state index contributed by atoms with van der Waals surface area (Å²) in [4.78, 5) is 10.8. The van der Waals surface area contributed by atoms with Crippen LogP contribution >= 0.6 is 0 Å². The maximum atomic E-state index is 10.8. The second kappa shape index (κ2) is 9.45. The van der Waals surface area contributed by atoms with Gasteiger partial charge in [0.15, 0.2) is 11.5 Å². The summed E-state index contributed by atoms with van der Waals surface area (Å²) >= 11 is 0. The van der Waals surface area contributed by atoms with Crippen LogP contribution in [0.1, 0.15) is 23.7 Å². The highest BCUT2D eigenvalue weighted by molar-refractivity contribution is 5.76. The standard InChI is InChI=1S/C19H22O5/c1-3-22-16-6-8-17(9-7-16)23-11-4-12-24-19-13-15(14-20)5-10-18(19)21-2/h5-10,13-14H,3-4,11-12H2,1-2H3. The third kappa shape index (κ3) is 5.19. The van der Waals surface area contributed by atoms with Gasteiger partial charge in [-0.05, 0) is 49.4 Å². The average Bonchev–Trinajstić information content (AvgIpc) is 2.63. The van der Waals surface area contributed by atoms with Crippen LogP contribution in [0.3, 0.4) is 0 Å². The SMILES string of the molecule is CCOc1ccc(OCCCOc2cc(C=O)ccc2OC)cc1. The Balaban J connectivity index is 1.75. The van der Waals surface area contributed by atoms with Gasteiger partial charge in [0.2, 0.25) is 0 Å². The van der Waals surface area contributed by atoms with Gasteiger partial charge in [0, 0.05) is 12.0 Å². The molecule has 5 nitrogen and oxygen atoms in total. The van der Waals surface area contributed by atoms with Crippen LogP contribution in [0.25, 0.3) is 0 Å². The van der Waals surface area contributed by atoms with Crippen molar-refractivity contribution in [1.82, 2.24) is 0 Å². The zero-order chi connectivity index (χ0) is 17.2. The number of aldehydes is 1. The fraction of sp³-hybridized carbons (Fsp3) is 0.316. The molecular formula is C19H22O5. The van der Waals surface area contributed by atoms with Crippen molar-refractivity contribution in [3.8, 4) is 23.0 Å². The minimum atomic E-state index is 0.468. The first-order valence-electron chi connectivity index (χ1n) is 7.88. The van der Waals surface area contributed by atoms with Gasteiger partial charge in [0.1, 0.15) is 17.8 Å². The Bertz CT molecular complexity index is 637. The number of methoxy groups -OCH3 is 1. The molecule has 2 aromatic rings.